The van der Waals surface area contributed by atoms with Gasteiger partial charge in [-0.05, 0) is 24.5 Å². The third-order valence-corrected chi connectivity index (χ3v) is 5.32. The number of nitrogens with zero attached hydrogens (tertiary/aromatic N) is 2. The van der Waals surface area contributed by atoms with Crippen molar-refractivity contribution < 1.29 is 27.9 Å². The van der Waals surface area contributed by atoms with Crippen LogP contribution >= 0.6 is 0 Å². The molecule has 2 amide bonds. The van der Waals surface area contributed by atoms with Crippen LogP contribution in [0.2, 0.25) is 0 Å². The number of hydrogen-bond donors (Lipinski definition) is 2. The first-order chi connectivity index (χ1) is 13.3. The standard InChI is InChI=1S/C19H24F3N3O3/c20-19(21,22)15-4-2-1-3-13(15)12-25-10-7-23-18(28)16(25)11-17(27)24-8-5-14(26)6-9-24/h1-4,14,16,26H,5-12H2,(H,23,28). The molecule has 6 nitrogen and oxygen atoms in total. The highest BCUT2D eigenvalue weighted by atomic mass is 19.4. The van der Waals surface area contributed by atoms with Crippen molar-refractivity contribution in [1.82, 2.24) is 15.1 Å². The summed E-state index contributed by atoms with van der Waals surface area (Å²) in [5.74, 6) is -0.566. The van der Waals surface area contributed by atoms with Crippen LogP contribution in [0, 0.1) is 0 Å². The summed E-state index contributed by atoms with van der Waals surface area (Å²) in [6.07, 6.45) is -4.00. The third kappa shape index (κ3) is 4.82. The van der Waals surface area contributed by atoms with Gasteiger partial charge in [-0.15, -0.1) is 0 Å². The molecular formula is C19H24F3N3O3. The van der Waals surface area contributed by atoms with Crippen LogP contribution in [0.5, 0.6) is 0 Å². The average molecular weight is 399 g/mol. The first kappa shape index (κ1) is 20.6. The summed E-state index contributed by atoms with van der Waals surface area (Å²) in [7, 11) is 0. The summed E-state index contributed by atoms with van der Waals surface area (Å²) in [5.41, 5.74) is -0.640. The van der Waals surface area contributed by atoms with Gasteiger partial charge in [0, 0.05) is 32.7 Å². The number of aliphatic hydroxyl groups excluding tert-OH is 1. The molecule has 0 spiro atoms. The number of carbonyl (C=O) groups excluding carboxylic acids is 2. The summed E-state index contributed by atoms with van der Waals surface area (Å²) in [4.78, 5) is 28.2. The predicted octanol–water partition coefficient (Wildman–Crippen LogP) is 1.38. The van der Waals surface area contributed by atoms with Gasteiger partial charge in [0.1, 0.15) is 0 Å². The molecule has 0 aliphatic carbocycles. The summed E-state index contributed by atoms with van der Waals surface area (Å²) < 4.78 is 39.8. The highest BCUT2D eigenvalue weighted by Crippen LogP contribution is 2.33. The molecule has 28 heavy (non-hydrogen) atoms. The molecule has 9 heteroatoms. The molecule has 1 unspecified atom stereocenters. The summed E-state index contributed by atoms with van der Waals surface area (Å²) >= 11 is 0. The van der Waals surface area contributed by atoms with E-state index in [4.69, 9.17) is 0 Å². The van der Waals surface area contributed by atoms with E-state index in [1.54, 1.807) is 9.80 Å². The Balaban J connectivity index is 1.73. The van der Waals surface area contributed by atoms with Crippen LogP contribution in [0.1, 0.15) is 30.4 Å². The lowest BCUT2D eigenvalue weighted by atomic mass is 10.0. The number of halogens is 3. The molecule has 0 saturated carbocycles. The Bertz CT molecular complexity index is 718. The zero-order valence-electron chi connectivity index (χ0n) is 15.4. The van der Waals surface area contributed by atoms with Gasteiger partial charge in [-0.1, -0.05) is 18.2 Å². The fourth-order valence-corrected chi connectivity index (χ4v) is 3.74. The summed E-state index contributed by atoms with van der Waals surface area (Å²) in [6, 6.07) is 4.49. The first-order valence-electron chi connectivity index (χ1n) is 9.38. The van der Waals surface area contributed by atoms with E-state index < -0.39 is 23.9 Å². The van der Waals surface area contributed by atoms with Crippen LogP contribution in [0.15, 0.2) is 24.3 Å². The molecule has 2 saturated heterocycles. The number of amides is 2. The van der Waals surface area contributed by atoms with Crippen molar-refractivity contribution in [3.05, 3.63) is 35.4 Å². The van der Waals surface area contributed by atoms with E-state index in [9.17, 15) is 27.9 Å². The Morgan fingerprint density at radius 2 is 1.86 bits per heavy atom. The van der Waals surface area contributed by atoms with Gasteiger partial charge < -0.3 is 15.3 Å². The second kappa shape index (κ2) is 8.48. The maximum atomic E-state index is 13.3. The molecule has 2 fully saturated rings. The number of likely N-dealkylation sites (tertiary alicyclic amines) is 1. The minimum atomic E-state index is -4.48. The van der Waals surface area contributed by atoms with Crippen LogP contribution in [0.3, 0.4) is 0 Å². The smallest absolute Gasteiger partial charge is 0.393 e. The quantitative estimate of drug-likeness (QED) is 0.803. The lowest BCUT2D eigenvalue weighted by Crippen LogP contribution is -2.56. The van der Waals surface area contributed by atoms with E-state index in [2.05, 4.69) is 5.32 Å². The Kier molecular flexibility index (Phi) is 6.24. The van der Waals surface area contributed by atoms with Crippen LogP contribution in [-0.2, 0) is 22.3 Å². The molecule has 2 aliphatic rings. The van der Waals surface area contributed by atoms with Crippen LogP contribution in [-0.4, -0.2) is 65.0 Å². The van der Waals surface area contributed by atoms with Crippen molar-refractivity contribution >= 4 is 11.8 Å². The molecule has 2 heterocycles. The molecule has 154 valence electrons. The number of benzene rings is 1. The first-order valence-corrected chi connectivity index (χ1v) is 9.38. The van der Waals surface area contributed by atoms with Gasteiger partial charge in [-0.2, -0.15) is 13.2 Å². The van der Waals surface area contributed by atoms with Gasteiger partial charge >= 0.3 is 6.18 Å². The van der Waals surface area contributed by atoms with E-state index in [0.717, 1.165) is 6.07 Å². The number of piperidine rings is 1. The van der Waals surface area contributed by atoms with Crippen molar-refractivity contribution in [1.29, 1.82) is 0 Å². The van der Waals surface area contributed by atoms with Crippen LogP contribution < -0.4 is 5.32 Å². The highest BCUT2D eigenvalue weighted by Gasteiger charge is 2.37. The Labute approximate surface area is 161 Å². The topological polar surface area (TPSA) is 72.9 Å². The van der Waals surface area contributed by atoms with Crippen LogP contribution in [0.4, 0.5) is 13.2 Å². The van der Waals surface area contributed by atoms with Crippen molar-refractivity contribution in [2.24, 2.45) is 0 Å². The Morgan fingerprint density at radius 3 is 2.54 bits per heavy atom. The highest BCUT2D eigenvalue weighted by molar-refractivity contribution is 5.88. The predicted molar refractivity (Wildman–Crippen MR) is 95.1 cm³/mol. The lowest BCUT2D eigenvalue weighted by Gasteiger charge is -2.37. The zero-order chi connectivity index (χ0) is 20.3. The average Bonchev–Trinajstić information content (AvgIpc) is 2.64. The lowest BCUT2D eigenvalue weighted by molar-refractivity contribution is -0.141. The zero-order valence-corrected chi connectivity index (χ0v) is 15.4. The SMILES string of the molecule is O=C1NCCN(Cc2ccccc2C(F)(F)F)C1CC(=O)N1CCC(O)CC1. The molecule has 0 bridgehead atoms. The van der Waals surface area contributed by atoms with Crippen molar-refractivity contribution in [3.63, 3.8) is 0 Å². The fraction of sp³-hybridized carbons (Fsp3) is 0.579. The maximum Gasteiger partial charge on any atom is 0.416 e. The minimum absolute atomic E-state index is 0.0558. The van der Waals surface area contributed by atoms with Crippen molar-refractivity contribution in [2.45, 2.75) is 44.1 Å². The summed E-state index contributed by atoms with van der Waals surface area (Å²) in [5, 5.41) is 12.3. The minimum Gasteiger partial charge on any atom is -0.393 e. The molecule has 2 aliphatic heterocycles. The van der Waals surface area contributed by atoms with Gasteiger partial charge in [-0.25, -0.2) is 0 Å². The fourth-order valence-electron chi connectivity index (χ4n) is 3.74. The third-order valence-electron chi connectivity index (χ3n) is 5.32. The van der Waals surface area contributed by atoms with Gasteiger partial charge in [0.25, 0.3) is 0 Å². The van der Waals surface area contributed by atoms with E-state index in [1.807, 2.05) is 0 Å². The van der Waals surface area contributed by atoms with Gasteiger partial charge in [0.05, 0.1) is 24.1 Å². The number of nitrogens with one attached hydrogen (secondary N) is 1. The maximum absolute atomic E-state index is 13.3. The second-order valence-electron chi connectivity index (χ2n) is 7.25. The van der Waals surface area contributed by atoms with E-state index >= 15 is 0 Å². The van der Waals surface area contributed by atoms with Gasteiger partial charge in [-0.3, -0.25) is 14.5 Å². The number of carbonyl (C=O) groups is 2. The molecule has 1 atom stereocenters. The number of aliphatic hydroxyl groups is 1. The van der Waals surface area contributed by atoms with Crippen LogP contribution in [0.25, 0.3) is 0 Å². The number of rotatable bonds is 4. The molecule has 0 aromatic heterocycles. The van der Waals surface area contributed by atoms with Crippen molar-refractivity contribution in [2.75, 3.05) is 26.2 Å². The number of hydrogen-bond acceptors (Lipinski definition) is 4. The molecule has 1 aromatic rings. The number of alkyl halides is 3. The van der Waals surface area contributed by atoms with E-state index in [-0.39, 0.29) is 30.3 Å². The Morgan fingerprint density at radius 1 is 1.18 bits per heavy atom. The van der Waals surface area contributed by atoms with E-state index in [0.29, 0.717) is 39.0 Å². The Hall–Kier alpha value is -2.13. The monoisotopic (exact) mass is 399 g/mol. The van der Waals surface area contributed by atoms with Crippen molar-refractivity contribution in [3.8, 4) is 0 Å². The second-order valence-corrected chi connectivity index (χ2v) is 7.25. The summed E-state index contributed by atoms with van der Waals surface area (Å²) in [6.45, 7) is 1.48. The number of piperazine rings is 1. The molecule has 3 rings (SSSR count). The van der Waals surface area contributed by atoms with Gasteiger partial charge in [0.2, 0.25) is 11.8 Å². The molecule has 2 N–H and O–H groups in total. The van der Waals surface area contributed by atoms with E-state index in [1.165, 1.54) is 18.2 Å². The normalized spacial score (nSPS) is 22.2. The molecule has 1 aromatic carbocycles. The van der Waals surface area contributed by atoms with Gasteiger partial charge in [0.15, 0.2) is 0 Å². The molecular weight excluding hydrogens is 375 g/mol. The molecule has 0 radical (unpaired) electrons. The largest absolute Gasteiger partial charge is 0.416 e.